The van der Waals surface area contributed by atoms with Gasteiger partial charge in [0, 0.05) is 24.0 Å². The molecular weight excluding hydrogens is 408 g/mol. The second-order valence-corrected chi connectivity index (χ2v) is 9.54. The Morgan fingerprint density at radius 3 is 2.62 bits per heavy atom. The molecule has 4 atom stereocenters. The third-order valence-electron chi connectivity index (χ3n) is 7.25. The first-order valence-corrected chi connectivity index (χ1v) is 11.3. The number of hydrogen-bond donors (Lipinski definition) is 2. The van der Waals surface area contributed by atoms with Gasteiger partial charge in [-0.25, -0.2) is 4.89 Å². The summed E-state index contributed by atoms with van der Waals surface area (Å²) in [5.41, 5.74) is 1.12. The molecule has 0 amide bonds. The lowest BCUT2D eigenvalue weighted by Crippen LogP contribution is -2.52. The summed E-state index contributed by atoms with van der Waals surface area (Å²) in [6.45, 7) is 6.16. The molecule has 2 N–H and O–H groups in total. The number of ketones is 1. The Labute approximate surface area is 189 Å². The van der Waals surface area contributed by atoms with Crippen molar-refractivity contribution in [1.82, 2.24) is 0 Å². The van der Waals surface area contributed by atoms with Crippen LogP contribution < -0.4 is 9.47 Å². The Kier molecular flexibility index (Phi) is 6.19. The molecule has 4 rings (SSSR count). The summed E-state index contributed by atoms with van der Waals surface area (Å²) in [4.78, 5) is 18.2. The van der Waals surface area contributed by atoms with Gasteiger partial charge in [-0.1, -0.05) is 44.2 Å². The van der Waals surface area contributed by atoms with E-state index in [9.17, 15) is 15.2 Å². The molecule has 2 aliphatic rings. The van der Waals surface area contributed by atoms with E-state index in [0.29, 0.717) is 30.3 Å². The standard InChI is InChI=1S/C26H32O6/c1-15(2)17-12-13-26(3,32-29)25-21(17)23-20(30-4)14-19(28)22(24(23)31-25)18(27)11-10-16-8-6-5-7-9-16/h5-9,14-15,17,21,25,28-29H,10-13H2,1-4H3. The monoisotopic (exact) mass is 440 g/mol. The van der Waals surface area contributed by atoms with Gasteiger partial charge in [0.1, 0.15) is 34.5 Å². The third kappa shape index (κ3) is 3.76. The minimum atomic E-state index is -0.917. The van der Waals surface area contributed by atoms with Crippen molar-refractivity contribution >= 4 is 5.78 Å². The first-order chi connectivity index (χ1) is 15.3. The molecule has 172 valence electrons. The second-order valence-electron chi connectivity index (χ2n) is 9.54. The Bertz CT molecular complexity index is 986. The predicted molar refractivity (Wildman–Crippen MR) is 121 cm³/mol. The lowest BCUT2D eigenvalue weighted by atomic mass is 9.65. The molecule has 1 aliphatic carbocycles. The molecular formula is C26H32O6. The van der Waals surface area contributed by atoms with Gasteiger partial charge in [-0.2, -0.15) is 0 Å². The van der Waals surface area contributed by atoms with Crippen LogP contribution in [0.2, 0.25) is 0 Å². The molecule has 0 spiro atoms. The van der Waals surface area contributed by atoms with Gasteiger partial charge in [0.15, 0.2) is 5.78 Å². The fourth-order valence-corrected chi connectivity index (χ4v) is 5.46. The Morgan fingerprint density at radius 2 is 2.00 bits per heavy atom. The zero-order valence-electron chi connectivity index (χ0n) is 19.1. The lowest BCUT2D eigenvalue weighted by molar-refractivity contribution is -0.345. The largest absolute Gasteiger partial charge is 0.507 e. The normalized spacial score (nSPS) is 26.4. The van der Waals surface area contributed by atoms with Crippen molar-refractivity contribution in [2.24, 2.45) is 11.8 Å². The summed E-state index contributed by atoms with van der Waals surface area (Å²) in [6, 6.07) is 11.3. The van der Waals surface area contributed by atoms with Crippen molar-refractivity contribution in [3.05, 3.63) is 53.1 Å². The van der Waals surface area contributed by atoms with Gasteiger partial charge < -0.3 is 14.6 Å². The molecule has 0 bridgehead atoms. The molecule has 0 radical (unpaired) electrons. The van der Waals surface area contributed by atoms with Crippen molar-refractivity contribution in [2.45, 2.75) is 64.1 Å². The van der Waals surface area contributed by atoms with Crippen LogP contribution in [-0.4, -0.2) is 35.0 Å². The van der Waals surface area contributed by atoms with Crippen molar-refractivity contribution in [1.29, 1.82) is 0 Å². The number of rotatable bonds is 7. The summed E-state index contributed by atoms with van der Waals surface area (Å²) < 4.78 is 12.0. The fraction of sp³-hybridized carbons (Fsp3) is 0.500. The summed E-state index contributed by atoms with van der Waals surface area (Å²) in [6.07, 6.45) is 1.81. The number of benzene rings is 2. The van der Waals surface area contributed by atoms with Crippen molar-refractivity contribution < 1.29 is 29.5 Å². The van der Waals surface area contributed by atoms with Crippen LogP contribution in [0.1, 0.15) is 67.4 Å². The summed E-state index contributed by atoms with van der Waals surface area (Å²) >= 11 is 0. The van der Waals surface area contributed by atoms with E-state index in [2.05, 4.69) is 13.8 Å². The molecule has 1 fully saturated rings. The van der Waals surface area contributed by atoms with Crippen LogP contribution in [0.4, 0.5) is 0 Å². The van der Waals surface area contributed by atoms with Crippen LogP contribution in [0.3, 0.4) is 0 Å². The molecule has 0 aromatic heterocycles. The molecule has 1 saturated carbocycles. The quantitative estimate of drug-likeness (QED) is 0.342. The SMILES string of the molecule is COc1cc(O)c(C(=O)CCc2ccccc2)c2c1C1C(C(C)C)CCC(C)(OO)C1O2. The number of aromatic hydroxyl groups is 1. The molecule has 2 aromatic carbocycles. The Hall–Kier alpha value is -2.57. The average molecular weight is 441 g/mol. The maximum atomic E-state index is 13.3. The number of methoxy groups -OCH3 is 1. The van der Waals surface area contributed by atoms with E-state index in [1.807, 2.05) is 37.3 Å². The van der Waals surface area contributed by atoms with Crippen LogP contribution in [0, 0.1) is 11.8 Å². The smallest absolute Gasteiger partial charge is 0.170 e. The minimum absolute atomic E-state index is 0.118. The van der Waals surface area contributed by atoms with Crippen molar-refractivity contribution in [3.63, 3.8) is 0 Å². The van der Waals surface area contributed by atoms with Crippen molar-refractivity contribution in [3.8, 4) is 17.2 Å². The van der Waals surface area contributed by atoms with Crippen LogP contribution in [0.25, 0.3) is 0 Å². The molecule has 32 heavy (non-hydrogen) atoms. The van der Waals surface area contributed by atoms with Gasteiger partial charge in [-0.3, -0.25) is 10.1 Å². The Balaban J connectivity index is 1.77. The number of carbonyl (C=O) groups excluding carboxylic acids is 1. The topological polar surface area (TPSA) is 85.2 Å². The zero-order chi connectivity index (χ0) is 23.0. The maximum Gasteiger partial charge on any atom is 0.170 e. The first-order valence-electron chi connectivity index (χ1n) is 11.3. The number of phenols is 1. The van der Waals surface area contributed by atoms with E-state index in [1.165, 1.54) is 6.07 Å². The van der Waals surface area contributed by atoms with Gasteiger partial charge in [0.05, 0.1) is 7.11 Å². The molecule has 1 heterocycles. The fourth-order valence-electron chi connectivity index (χ4n) is 5.46. The lowest BCUT2D eigenvalue weighted by Gasteiger charge is -2.44. The number of ether oxygens (including phenoxy) is 2. The molecule has 2 aromatic rings. The van der Waals surface area contributed by atoms with Gasteiger partial charge >= 0.3 is 0 Å². The van der Waals surface area contributed by atoms with Gasteiger partial charge in [0.25, 0.3) is 0 Å². The zero-order valence-corrected chi connectivity index (χ0v) is 19.1. The van der Waals surface area contributed by atoms with Crippen molar-refractivity contribution in [2.75, 3.05) is 7.11 Å². The number of fused-ring (bicyclic) bond motifs is 3. The summed E-state index contributed by atoms with van der Waals surface area (Å²) in [5.74, 6) is 1.03. The van der Waals surface area contributed by atoms with E-state index >= 15 is 0 Å². The number of aryl methyl sites for hydroxylation is 1. The highest BCUT2D eigenvalue weighted by Crippen LogP contribution is 2.59. The second kappa shape index (κ2) is 8.75. The Morgan fingerprint density at radius 1 is 1.28 bits per heavy atom. The minimum Gasteiger partial charge on any atom is -0.507 e. The average Bonchev–Trinajstić information content (AvgIpc) is 3.19. The number of Topliss-reactive ketones (excluding diaryl/α,β-unsaturated/α-hetero) is 1. The highest BCUT2D eigenvalue weighted by Gasteiger charge is 2.57. The van der Waals surface area contributed by atoms with Crippen LogP contribution in [-0.2, 0) is 11.3 Å². The third-order valence-corrected chi connectivity index (χ3v) is 7.25. The van der Waals surface area contributed by atoms with Crippen LogP contribution >= 0.6 is 0 Å². The van der Waals surface area contributed by atoms with E-state index in [0.717, 1.165) is 17.5 Å². The predicted octanol–water partition coefficient (Wildman–Crippen LogP) is 5.38. The van der Waals surface area contributed by atoms with Crippen LogP contribution in [0.5, 0.6) is 17.2 Å². The highest BCUT2D eigenvalue weighted by molar-refractivity contribution is 6.02. The highest BCUT2D eigenvalue weighted by atomic mass is 17.1. The van der Waals surface area contributed by atoms with Gasteiger partial charge in [0.2, 0.25) is 0 Å². The number of carbonyl (C=O) groups is 1. The van der Waals surface area contributed by atoms with E-state index < -0.39 is 11.7 Å². The first kappa shape index (κ1) is 22.6. The molecule has 6 heteroatoms. The maximum absolute atomic E-state index is 13.3. The summed E-state index contributed by atoms with van der Waals surface area (Å²) in [5, 5.41) is 20.5. The van der Waals surface area contributed by atoms with E-state index in [4.69, 9.17) is 14.4 Å². The molecule has 1 aliphatic heterocycles. The molecule has 0 saturated heterocycles. The van der Waals surface area contributed by atoms with Gasteiger partial charge in [-0.05, 0) is 43.6 Å². The number of phenolic OH excluding ortho intramolecular Hbond substituents is 1. The summed E-state index contributed by atoms with van der Waals surface area (Å²) in [7, 11) is 1.55. The van der Waals surface area contributed by atoms with Gasteiger partial charge in [-0.15, -0.1) is 0 Å². The van der Waals surface area contributed by atoms with Crippen LogP contribution in [0.15, 0.2) is 36.4 Å². The molecule has 4 unspecified atom stereocenters. The van der Waals surface area contributed by atoms with E-state index in [-0.39, 0.29) is 35.4 Å². The molecule has 6 nitrogen and oxygen atoms in total. The van der Waals surface area contributed by atoms with E-state index in [1.54, 1.807) is 7.11 Å². The number of hydrogen-bond acceptors (Lipinski definition) is 6.